The van der Waals surface area contributed by atoms with Crippen LogP contribution in [0.25, 0.3) is 0 Å². The lowest BCUT2D eigenvalue weighted by atomic mass is 9.62. The highest BCUT2D eigenvalue weighted by atomic mass is 16.5. The van der Waals surface area contributed by atoms with E-state index in [2.05, 4.69) is 0 Å². The van der Waals surface area contributed by atoms with Gasteiger partial charge in [0.2, 0.25) is 0 Å². The van der Waals surface area contributed by atoms with Gasteiger partial charge in [0.15, 0.2) is 0 Å². The molecule has 0 aromatic heterocycles. The van der Waals surface area contributed by atoms with Gasteiger partial charge in [0.25, 0.3) is 0 Å². The van der Waals surface area contributed by atoms with Crippen LogP contribution in [0, 0.1) is 11.3 Å². The van der Waals surface area contributed by atoms with E-state index in [1.807, 2.05) is 6.92 Å². The van der Waals surface area contributed by atoms with Gasteiger partial charge in [-0.1, -0.05) is 12.8 Å². The zero-order chi connectivity index (χ0) is 11.4. The standard InChI is InChI=1S/C13H23NO2/c1-12(15,6-9-2-3-9)13(8-14)7-10-4-5-11(13)16-10/h9-11,15H,2-8,14H2,1H3. The Morgan fingerprint density at radius 2 is 2.12 bits per heavy atom. The van der Waals surface area contributed by atoms with Gasteiger partial charge in [0.1, 0.15) is 0 Å². The van der Waals surface area contributed by atoms with Gasteiger partial charge in [-0.05, 0) is 38.5 Å². The molecule has 2 aliphatic heterocycles. The van der Waals surface area contributed by atoms with Crippen molar-refractivity contribution in [3.8, 4) is 0 Å². The molecule has 4 unspecified atom stereocenters. The summed E-state index contributed by atoms with van der Waals surface area (Å²) in [5.74, 6) is 0.734. The highest BCUT2D eigenvalue weighted by Crippen LogP contribution is 2.56. The Balaban J connectivity index is 1.83. The van der Waals surface area contributed by atoms with Crippen LogP contribution in [0.5, 0.6) is 0 Å². The average molecular weight is 225 g/mol. The van der Waals surface area contributed by atoms with Crippen molar-refractivity contribution in [2.24, 2.45) is 17.1 Å². The minimum atomic E-state index is -0.636. The van der Waals surface area contributed by atoms with Crippen molar-refractivity contribution in [1.82, 2.24) is 0 Å². The van der Waals surface area contributed by atoms with Crippen LogP contribution in [0.4, 0.5) is 0 Å². The lowest BCUT2D eigenvalue weighted by Gasteiger charge is -2.46. The van der Waals surface area contributed by atoms with E-state index in [9.17, 15) is 5.11 Å². The van der Waals surface area contributed by atoms with Crippen LogP contribution < -0.4 is 5.73 Å². The molecule has 0 radical (unpaired) electrons. The number of nitrogens with two attached hydrogens (primary N) is 1. The fourth-order valence-electron chi connectivity index (χ4n) is 3.89. The zero-order valence-electron chi connectivity index (χ0n) is 10.1. The maximum Gasteiger partial charge on any atom is 0.0716 e. The fourth-order valence-corrected chi connectivity index (χ4v) is 3.89. The Morgan fingerprint density at radius 1 is 1.38 bits per heavy atom. The van der Waals surface area contributed by atoms with Crippen LogP contribution in [0.1, 0.15) is 45.4 Å². The van der Waals surface area contributed by atoms with Gasteiger partial charge in [0, 0.05) is 12.0 Å². The number of fused-ring (bicyclic) bond motifs is 2. The SMILES string of the molecule is CC(O)(CC1CC1)C1(CN)CC2CCC1O2. The van der Waals surface area contributed by atoms with Gasteiger partial charge in [-0.2, -0.15) is 0 Å². The minimum Gasteiger partial charge on any atom is -0.389 e. The van der Waals surface area contributed by atoms with Gasteiger partial charge >= 0.3 is 0 Å². The molecule has 3 fully saturated rings. The topological polar surface area (TPSA) is 55.5 Å². The van der Waals surface area contributed by atoms with Crippen molar-refractivity contribution in [2.75, 3.05) is 6.54 Å². The summed E-state index contributed by atoms with van der Waals surface area (Å²) in [7, 11) is 0. The van der Waals surface area contributed by atoms with Crippen molar-refractivity contribution >= 4 is 0 Å². The lowest BCUT2D eigenvalue weighted by molar-refractivity contribution is -0.106. The van der Waals surface area contributed by atoms with Crippen LogP contribution in [-0.2, 0) is 4.74 Å². The molecule has 0 aromatic rings. The van der Waals surface area contributed by atoms with Gasteiger partial charge < -0.3 is 15.6 Å². The van der Waals surface area contributed by atoms with Crippen LogP contribution in [-0.4, -0.2) is 29.5 Å². The minimum absolute atomic E-state index is 0.168. The molecule has 0 amide bonds. The van der Waals surface area contributed by atoms with Gasteiger partial charge in [0.05, 0.1) is 17.8 Å². The van der Waals surface area contributed by atoms with Crippen LogP contribution in [0.2, 0.25) is 0 Å². The maximum atomic E-state index is 10.8. The summed E-state index contributed by atoms with van der Waals surface area (Å²) >= 11 is 0. The van der Waals surface area contributed by atoms with E-state index in [1.54, 1.807) is 0 Å². The highest BCUT2D eigenvalue weighted by molar-refractivity contribution is 5.11. The molecule has 0 aromatic carbocycles. The van der Waals surface area contributed by atoms with Crippen molar-refractivity contribution < 1.29 is 9.84 Å². The van der Waals surface area contributed by atoms with E-state index in [-0.39, 0.29) is 11.5 Å². The van der Waals surface area contributed by atoms with Crippen molar-refractivity contribution in [3.05, 3.63) is 0 Å². The first-order valence-electron chi connectivity index (χ1n) is 6.65. The molecule has 2 bridgehead atoms. The molecule has 3 nitrogen and oxygen atoms in total. The van der Waals surface area contributed by atoms with E-state index in [0.717, 1.165) is 31.6 Å². The molecule has 4 atom stereocenters. The molecule has 1 saturated carbocycles. The molecule has 3 N–H and O–H groups in total. The first-order chi connectivity index (χ1) is 7.57. The van der Waals surface area contributed by atoms with E-state index in [4.69, 9.17) is 10.5 Å². The van der Waals surface area contributed by atoms with Crippen molar-refractivity contribution in [1.29, 1.82) is 0 Å². The Morgan fingerprint density at radius 3 is 2.56 bits per heavy atom. The summed E-state index contributed by atoms with van der Waals surface area (Å²) in [5.41, 5.74) is 5.19. The molecule has 3 heteroatoms. The molecule has 1 aliphatic carbocycles. The average Bonchev–Trinajstić information content (AvgIpc) is 2.81. The first-order valence-corrected chi connectivity index (χ1v) is 6.65. The van der Waals surface area contributed by atoms with E-state index in [0.29, 0.717) is 12.6 Å². The summed E-state index contributed by atoms with van der Waals surface area (Å²) in [6.07, 6.45) is 7.26. The third-order valence-corrected chi connectivity index (χ3v) is 5.14. The number of ether oxygens (including phenoxy) is 1. The Hall–Kier alpha value is -0.120. The monoisotopic (exact) mass is 225 g/mol. The second kappa shape index (κ2) is 3.44. The van der Waals surface area contributed by atoms with E-state index in [1.165, 1.54) is 12.8 Å². The highest BCUT2D eigenvalue weighted by Gasteiger charge is 2.60. The van der Waals surface area contributed by atoms with Gasteiger partial charge in [-0.15, -0.1) is 0 Å². The Labute approximate surface area is 97.3 Å². The van der Waals surface area contributed by atoms with E-state index < -0.39 is 5.60 Å². The van der Waals surface area contributed by atoms with E-state index >= 15 is 0 Å². The van der Waals surface area contributed by atoms with Gasteiger partial charge in [-0.3, -0.25) is 0 Å². The summed E-state index contributed by atoms with van der Waals surface area (Å²) < 4.78 is 5.93. The second-order valence-corrected chi connectivity index (χ2v) is 6.31. The first kappa shape index (κ1) is 11.0. The Bertz CT molecular complexity index is 288. The summed E-state index contributed by atoms with van der Waals surface area (Å²) in [5, 5.41) is 10.8. The number of rotatable bonds is 4. The molecular formula is C13H23NO2. The normalized spacial score (nSPS) is 45.9. The number of hydrogen-bond acceptors (Lipinski definition) is 3. The molecular weight excluding hydrogens is 202 g/mol. The summed E-state index contributed by atoms with van der Waals surface area (Å²) in [4.78, 5) is 0. The molecule has 0 spiro atoms. The molecule has 2 saturated heterocycles. The number of hydrogen-bond donors (Lipinski definition) is 2. The van der Waals surface area contributed by atoms with Gasteiger partial charge in [-0.25, -0.2) is 0 Å². The Kier molecular flexibility index (Phi) is 2.36. The maximum absolute atomic E-state index is 10.8. The molecule has 16 heavy (non-hydrogen) atoms. The number of aliphatic hydroxyl groups is 1. The largest absolute Gasteiger partial charge is 0.389 e. The zero-order valence-corrected chi connectivity index (χ0v) is 10.1. The van der Waals surface area contributed by atoms with Crippen LogP contribution in [0.15, 0.2) is 0 Å². The van der Waals surface area contributed by atoms with Crippen molar-refractivity contribution in [2.45, 2.75) is 63.3 Å². The third-order valence-electron chi connectivity index (χ3n) is 5.14. The summed E-state index contributed by atoms with van der Waals surface area (Å²) in [6, 6.07) is 0. The quantitative estimate of drug-likeness (QED) is 0.761. The molecule has 3 aliphatic rings. The smallest absolute Gasteiger partial charge is 0.0716 e. The van der Waals surface area contributed by atoms with Crippen LogP contribution in [0.3, 0.4) is 0 Å². The second-order valence-electron chi connectivity index (χ2n) is 6.31. The molecule has 92 valence electrons. The van der Waals surface area contributed by atoms with Crippen molar-refractivity contribution in [3.63, 3.8) is 0 Å². The molecule has 2 heterocycles. The lowest BCUT2D eigenvalue weighted by Crippen LogP contribution is -2.56. The summed E-state index contributed by atoms with van der Waals surface area (Å²) in [6.45, 7) is 2.55. The molecule has 3 rings (SSSR count). The fraction of sp³-hybridized carbons (Fsp3) is 1.00. The van der Waals surface area contributed by atoms with Crippen LogP contribution >= 0.6 is 0 Å². The third kappa shape index (κ3) is 1.45. The predicted octanol–water partition coefficient (Wildman–Crippen LogP) is 1.43. The predicted molar refractivity (Wildman–Crippen MR) is 62.0 cm³/mol.